The average molecular weight is 326 g/mol. The number of hydrogen-bond donors (Lipinski definition) is 1. The van der Waals surface area contributed by atoms with E-state index in [-0.39, 0.29) is 0 Å². The largest absolute Gasteiger partial charge is 0.496 e. The maximum absolute atomic E-state index is 10.4. The second kappa shape index (κ2) is 6.16. The topological polar surface area (TPSA) is 60.2 Å². The third kappa shape index (κ3) is 2.96. The van der Waals surface area contributed by atoms with Gasteiger partial charge in [-0.2, -0.15) is 0 Å². The number of hydrogen-bond acceptors (Lipinski definition) is 4. The molecule has 0 aliphatic heterocycles. The monoisotopic (exact) mass is 325 g/mol. The van der Waals surface area contributed by atoms with Crippen LogP contribution in [0.4, 0.5) is 0 Å². The summed E-state index contributed by atoms with van der Waals surface area (Å²) >= 11 is 3.41. The molecule has 0 radical (unpaired) electrons. The Balaban J connectivity index is 2.30. The van der Waals surface area contributed by atoms with Crippen LogP contribution in [0.5, 0.6) is 5.75 Å². The van der Waals surface area contributed by atoms with Gasteiger partial charge in [0.05, 0.1) is 23.5 Å². The number of rotatable bonds is 5. The minimum Gasteiger partial charge on any atom is -0.496 e. The molecule has 6 heteroatoms. The first-order chi connectivity index (χ1) is 9.17. The van der Waals surface area contributed by atoms with Crippen molar-refractivity contribution in [1.29, 1.82) is 0 Å². The molecule has 0 saturated heterocycles. The van der Waals surface area contributed by atoms with Gasteiger partial charge in [0.2, 0.25) is 0 Å². The van der Waals surface area contributed by atoms with E-state index in [1.807, 2.05) is 18.2 Å². The lowest BCUT2D eigenvalue weighted by molar-refractivity contribution is 0.207. The van der Waals surface area contributed by atoms with Gasteiger partial charge in [-0.25, -0.2) is 4.68 Å². The molecule has 1 heterocycles. The number of nitrogens with zero attached hydrogens (tertiary/aromatic N) is 3. The van der Waals surface area contributed by atoms with Gasteiger partial charge in [0.15, 0.2) is 0 Å². The van der Waals surface area contributed by atoms with Gasteiger partial charge in [0.25, 0.3) is 0 Å². The second-order valence-electron chi connectivity index (χ2n) is 4.18. The molecular weight excluding hydrogens is 310 g/mol. The van der Waals surface area contributed by atoms with Gasteiger partial charge in [-0.1, -0.05) is 18.2 Å². The first-order valence-corrected chi connectivity index (χ1v) is 6.86. The summed E-state index contributed by atoms with van der Waals surface area (Å²) in [6.07, 6.45) is 1.79. The van der Waals surface area contributed by atoms with Crippen LogP contribution < -0.4 is 4.74 Å². The highest BCUT2D eigenvalue weighted by Crippen LogP contribution is 2.30. The van der Waals surface area contributed by atoms with Gasteiger partial charge in [-0.05, 0) is 40.0 Å². The Morgan fingerprint density at radius 2 is 2.26 bits per heavy atom. The van der Waals surface area contributed by atoms with E-state index < -0.39 is 6.10 Å². The van der Waals surface area contributed by atoms with Gasteiger partial charge >= 0.3 is 0 Å². The summed E-state index contributed by atoms with van der Waals surface area (Å²) in [5, 5.41) is 18.3. The zero-order valence-corrected chi connectivity index (χ0v) is 12.5. The standard InChI is InChI=1S/C13H16BrN3O2/c1-3-6-17-11(8-15-16-17)13(18)9-4-5-12(19-2)10(14)7-9/h4-5,7-8,13,18H,3,6H2,1-2H3. The zero-order valence-electron chi connectivity index (χ0n) is 10.9. The number of aliphatic hydroxyl groups excluding tert-OH is 1. The van der Waals surface area contributed by atoms with Crippen molar-refractivity contribution in [3.05, 3.63) is 40.1 Å². The molecule has 1 N–H and O–H groups in total. The Bertz CT molecular complexity index is 557. The molecule has 0 amide bonds. The Hall–Kier alpha value is -1.40. The minimum atomic E-state index is -0.747. The Kier molecular flexibility index (Phi) is 4.55. The van der Waals surface area contributed by atoms with Gasteiger partial charge in [0, 0.05) is 6.54 Å². The fourth-order valence-corrected chi connectivity index (χ4v) is 2.44. The predicted molar refractivity (Wildman–Crippen MR) is 75.1 cm³/mol. The quantitative estimate of drug-likeness (QED) is 0.917. The molecule has 19 heavy (non-hydrogen) atoms. The molecule has 1 aromatic carbocycles. The number of methoxy groups -OCH3 is 1. The summed E-state index contributed by atoms with van der Waals surface area (Å²) in [7, 11) is 1.61. The number of aromatic nitrogens is 3. The van der Waals surface area contributed by atoms with Crippen LogP contribution in [0, 0.1) is 0 Å². The number of aryl methyl sites for hydroxylation is 1. The van der Waals surface area contributed by atoms with Crippen LogP contribution in [-0.4, -0.2) is 27.2 Å². The molecule has 2 rings (SSSR count). The summed E-state index contributed by atoms with van der Waals surface area (Å²) in [4.78, 5) is 0. The molecule has 102 valence electrons. The molecule has 0 aliphatic rings. The highest BCUT2D eigenvalue weighted by molar-refractivity contribution is 9.10. The van der Waals surface area contributed by atoms with Gasteiger partial charge < -0.3 is 9.84 Å². The molecule has 1 unspecified atom stereocenters. The van der Waals surface area contributed by atoms with Gasteiger partial charge in [-0.15, -0.1) is 5.10 Å². The van der Waals surface area contributed by atoms with Crippen molar-refractivity contribution in [3.63, 3.8) is 0 Å². The van der Waals surface area contributed by atoms with E-state index >= 15 is 0 Å². The van der Waals surface area contributed by atoms with Crippen molar-refractivity contribution < 1.29 is 9.84 Å². The molecule has 0 fully saturated rings. The Morgan fingerprint density at radius 3 is 2.89 bits per heavy atom. The molecule has 0 aliphatic carbocycles. The van der Waals surface area contributed by atoms with E-state index in [2.05, 4.69) is 33.2 Å². The smallest absolute Gasteiger partial charge is 0.133 e. The van der Waals surface area contributed by atoms with Crippen molar-refractivity contribution in [2.24, 2.45) is 0 Å². The van der Waals surface area contributed by atoms with E-state index in [0.29, 0.717) is 5.69 Å². The zero-order chi connectivity index (χ0) is 13.8. The summed E-state index contributed by atoms with van der Waals surface area (Å²) < 4.78 is 7.71. The number of ether oxygens (including phenoxy) is 1. The number of halogens is 1. The summed E-state index contributed by atoms with van der Waals surface area (Å²) in [6.45, 7) is 2.80. The maximum atomic E-state index is 10.4. The van der Waals surface area contributed by atoms with Crippen LogP contribution in [0.2, 0.25) is 0 Å². The number of benzene rings is 1. The fourth-order valence-electron chi connectivity index (χ4n) is 1.89. The first kappa shape index (κ1) is 14.0. The molecule has 1 aromatic heterocycles. The van der Waals surface area contributed by atoms with Crippen molar-refractivity contribution >= 4 is 15.9 Å². The van der Waals surface area contributed by atoms with Crippen molar-refractivity contribution in [2.75, 3.05) is 7.11 Å². The molecule has 0 saturated carbocycles. The molecule has 2 aromatic rings. The summed E-state index contributed by atoms with van der Waals surface area (Å²) in [6, 6.07) is 5.49. The fraction of sp³-hybridized carbons (Fsp3) is 0.385. The SMILES string of the molecule is CCCn1nncc1C(O)c1ccc(OC)c(Br)c1. The molecule has 1 atom stereocenters. The lowest BCUT2D eigenvalue weighted by atomic mass is 10.1. The molecule has 0 bridgehead atoms. The Labute approximate surface area is 120 Å². The maximum Gasteiger partial charge on any atom is 0.133 e. The van der Waals surface area contributed by atoms with Crippen LogP contribution in [0.3, 0.4) is 0 Å². The third-order valence-electron chi connectivity index (χ3n) is 2.85. The van der Waals surface area contributed by atoms with E-state index in [1.54, 1.807) is 18.0 Å². The van der Waals surface area contributed by atoms with Crippen LogP contribution in [-0.2, 0) is 6.54 Å². The van der Waals surface area contributed by atoms with Crippen LogP contribution in [0.15, 0.2) is 28.9 Å². The number of aliphatic hydroxyl groups is 1. The van der Waals surface area contributed by atoms with Crippen LogP contribution in [0.25, 0.3) is 0 Å². The van der Waals surface area contributed by atoms with Crippen molar-refractivity contribution in [2.45, 2.75) is 26.0 Å². The minimum absolute atomic E-state index is 0.693. The molecule has 5 nitrogen and oxygen atoms in total. The second-order valence-corrected chi connectivity index (χ2v) is 5.03. The lowest BCUT2D eigenvalue weighted by Crippen LogP contribution is -2.10. The van der Waals surface area contributed by atoms with Crippen LogP contribution >= 0.6 is 15.9 Å². The van der Waals surface area contributed by atoms with E-state index in [1.165, 1.54) is 0 Å². The third-order valence-corrected chi connectivity index (χ3v) is 3.47. The van der Waals surface area contributed by atoms with Crippen molar-refractivity contribution in [3.8, 4) is 5.75 Å². The highest BCUT2D eigenvalue weighted by Gasteiger charge is 2.17. The van der Waals surface area contributed by atoms with Gasteiger partial charge in [0.1, 0.15) is 11.9 Å². The highest BCUT2D eigenvalue weighted by atomic mass is 79.9. The molecule has 0 spiro atoms. The van der Waals surface area contributed by atoms with E-state index in [4.69, 9.17) is 4.74 Å². The predicted octanol–water partition coefficient (Wildman–Crippen LogP) is 2.54. The Morgan fingerprint density at radius 1 is 1.47 bits per heavy atom. The van der Waals surface area contributed by atoms with Crippen molar-refractivity contribution in [1.82, 2.24) is 15.0 Å². The average Bonchev–Trinajstić information content (AvgIpc) is 2.86. The summed E-state index contributed by atoms with van der Waals surface area (Å²) in [5.74, 6) is 0.733. The first-order valence-electron chi connectivity index (χ1n) is 6.07. The van der Waals surface area contributed by atoms with Gasteiger partial charge in [-0.3, -0.25) is 0 Å². The van der Waals surface area contributed by atoms with Crippen LogP contribution in [0.1, 0.15) is 30.7 Å². The summed E-state index contributed by atoms with van der Waals surface area (Å²) in [5.41, 5.74) is 1.46. The lowest BCUT2D eigenvalue weighted by Gasteiger charge is -2.13. The normalized spacial score (nSPS) is 12.4. The molecular formula is C13H16BrN3O2. The van der Waals surface area contributed by atoms with E-state index in [9.17, 15) is 5.11 Å². The van der Waals surface area contributed by atoms with E-state index in [0.717, 1.165) is 28.8 Å².